The molecule has 0 bridgehead atoms. The van der Waals surface area contributed by atoms with Crippen LogP contribution in [0.5, 0.6) is 0 Å². The normalized spacial score (nSPS) is 14.9. The summed E-state index contributed by atoms with van der Waals surface area (Å²) < 4.78 is 2.19. The van der Waals surface area contributed by atoms with Crippen LogP contribution in [0.4, 0.5) is 4.79 Å². The Labute approximate surface area is 193 Å². The largest absolute Gasteiger partial charge is 0.338 e. The Balaban J connectivity index is 1.49. The minimum atomic E-state index is -0.230. The number of carbonyl (C=O) groups is 1. The summed E-state index contributed by atoms with van der Waals surface area (Å²) in [4.78, 5) is 15.4. The van der Waals surface area contributed by atoms with Crippen LogP contribution >= 0.6 is 11.6 Å². The first-order valence-electron chi connectivity index (χ1n) is 10.8. The van der Waals surface area contributed by atoms with Crippen molar-refractivity contribution >= 4 is 17.6 Å². The van der Waals surface area contributed by atoms with Crippen LogP contribution in [0.3, 0.4) is 0 Å². The lowest BCUT2D eigenvalue weighted by atomic mass is 10.0. The summed E-state index contributed by atoms with van der Waals surface area (Å²) in [5.41, 5.74) is 5.50. The van der Waals surface area contributed by atoms with Crippen molar-refractivity contribution in [3.63, 3.8) is 0 Å². The number of fused-ring (bicyclic) bond motifs is 3. The number of benzene rings is 3. The van der Waals surface area contributed by atoms with E-state index in [1.807, 2.05) is 65.6 Å². The molecule has 160 valence electrons. The van der Waals surface area contributed by atoms with Gasteiger partial charge in [-0.05, 0) is 53.4 Å². The zero-order valence-corrected chi connectivity index (χ0v) is 18.4. The predicted molar refractivity (Wildman–Crippen MR) is 128 cm³/mol. The fourth-order valence-corrected chi connectivity index (χ4v) is 4.52. The summed E-state index contributed by atoms with van der Waals surface area (Å²) in [6, 6.07) is 30.1. The number of urea groups is 1. The molecule has 1 atom stereocenters. The van der Waals surface area contributed by atoms with Gasteiger partial charge in [-0.1, -0.05) is 72.3 Å². The standard InChI is InChI=1S/C27H24ClN3O/c28-23-14-12-21(13-15-23)26-25-11-6-18-30(25)24-10-5-4-9-22(24)19-31(26)27(32)29-17-16-20-7-2-1-3-8-20/h1-15,18,26H,16-17,19H2,(H,29,32). The minimum Gasteiger partial charge on any atom is -0.338 e. The number of halogens is 1. The van der Waals surface area contributed by atoms with Crippen molar-refractivity contribution < 1.29 is 4.79 Å². The SMILES string of the molecule is O=C(NCCc1ccccc1)N1Cc2ccccc2-n2cccc2C1c1ccc(Cl)cc1. The van der Waals surface area contributed by atoms with Gasteiger partial charge < -0.3 is 14.8 Å². The Bertz CT molecular complexity index is 1220. The lowest BCUT2D eigenvalue weighted by molar-refractivity contribution is 0.181. The molecule has 0 spiro atoms. The van der Waals surface area contributed by atoms with Crippen molar-refractivity contribution in [3.8, 4) is 5.69 Å². The Morgan fingerprint density at radius 2 is 1.66 bits per heavy atom. The van der Waals surface area contributed by atoms with E-state index in [2.05, 4.69) is 46.4 Å². The fourth-order valence-electron chi connectivity index (χ4n) is 4.40. The van der Waals surface area contributed by atoms with Gasteiger partial charge in [0.25, 0.3) is 0 Å². The van der Waals surface area contributed by atoms with Crippen molar-refractivity contribution in [2.24, 2.45) is 0 Å². The second kappa shape index (κ2) is 8.93. The Hall–Kier alpha value is -3.50. The van der Waals surface area contributed by atoms with Crippen molar-refractivity contribution in [2.45, 2.75) is 19.0 Å². The number of aromatic nitrogens is 1. The molecule has 0 saturated carbocycles. The number of rotatable bonds is 4. The first kappa shape index (κ1) is 20.4. The molecule has 0 aliphatic carbocycles. The topological polar surface area (TPSA) is 37.3 Å². The van der Waals surface area contributed by atoms with E-state index in [0.29, 0.717) is 18.1 Å². The maximum Gasteiger partial charge on any atom is 0.318 e. The van der Waals surface area contributed by atoms with Gasteiger partial charge in [0, 0.05) is 23.5 Å². The second-order valence-corrected chi connectivity index (χ2v) is 8.42. The van der Waals surface area contributed by atoms with Crippen LogP contribution in [0.2, 0.25) is 5.02 Å². The predicted octanol–water partition coefficient (Wildman–Crippen LogP) is 5.99. The van der Waals surface area contributed by atoms with Gasteiger partial charge in [0.05, 0.1) is 18.3 Å². The van der Waals surface area contributed by atoms with Crippen molar-refractivity contribution in [3.05, 3.63) is 125 Å². The number of nitrogens with zero attached hydrogens (tertiary/aromatic N) is 2. The van der Waals surface area contributed by atoms with Crippen molar-refractivity contribution in [1.29, 1.82) is 0 Å². The van der Waals surface area contributed by atoms with E-state index in [-0.39, 0.29) is 12.1 Å². The van der Waals surface area contributed by atoms with Crippen LogP contribution in [0.15, 0.2) is 97.2 Å². The highest BCUT2D eigenvalue weighted by Gasteiger charge is 2.32. The number of carbonyl (C=O) groups excluding carboxylic acids is 1. The Kier molecular flexibility index (Phi) is 5.70. The van der Waals surface area contributed by atoms with Crippen LogP contribution < -0.4 is 5.32 Å². The van der Waals surface area contributed by atoms with E-state index < -0.39 is 0 Å². The summed E-state index contributed by atoms with van der Waals surface area (Å²) in [6.45, 7) is 1.09. The molecule has 0 fully saturated rings. The molecule has 1 N–H and O–H groups in total. The molecule has 2 amide bonds. The second-order valence-electron chi connectivity index (χ2n) is 7.98. The van der Waals surface area contributed by atoms with Crippen LogP contribution in [-0.2, 0) is 13.0 Å². The molecule has 0 saturated heterocycles. The van der Waals surface area contributed by atoms with Gasteiger partial charge in [-0.25, -0.2) is 4.79 Å². The highest BCUT2D eigenvalue weighted by molar-refractivity contribution is 6.30. The molecule has 5 rings (SSSR count). The molecule has 5 heteroatoms. The van der Waals surface area contributed by atoms with Gasteiger partial charge in [0.15, 0.2) is 0 Å². The van der Waals surface area contributed by atoms with Crippen molar-refractivity contribution in [2.75, 3.05) is 6.54 Å². The molecular weight excluding hydrogens is 418 g/mol. The molecular formula is C27H24ClN3O. The van der Waals surface area contributed by atoms with E-state index >= 15 is 0 Å². The Morgan fingerprint density at radius 1 is 0.906 bits per heavy atom. The summed E-state index contributed by atoms with van der Waals surface area (Å²) in [6.07, 6.45) is 2.85. The maximum atomic E-state index is 13.5. The Morgan fingerprint density at radius 3 is 2.47 bits per heavy atom. The third kappa shape index (κ3) is 4.02. The quantitative estimate of drug-likeness (QED) is 0.415. The molecule has 1 aromatic heterocycles. The summed E-state index contributed by atoms with van der Waals surface area (Å²) in [5.74, 6) is 0. The maximum absolute atomic E-state index is 13.5. The van der Waals surface area contributed by atoms with E-state index in [4.69, 9.17) is 11.6 Å². The van der Waals surface area contributed by atoms with Crippen LogP contribution in [0, 0.1) is 0 Å². The van der Waals surface area contributed by atoms with E-state index in [9.17, 15) is 4.79 Å². The molecule has 0 radical (unpaired) electrons. The fraction of sp³-hybridized carbons (Fsp3) is 0.148. The van der Waals surface area contributed by atoms with E-state index in [1.54, 1.807) is 0 Å². The summed E-state index contributed by atoms with van der Waals surface area (Å²) in [7, 11) is 0. The molecule has 3 aromatic carbocycles. The molecule has 2 heterocycles. The molecule has 1 aliphatic rings. The smallest absolute Gasteiger partial charge is 0.318 e. The first-order chi connectivity index (χ1) is 15.7. The third-order valence-electron chi connectivity index (χ3n) is 5.94. The number of hydrogen-bond acceptors (Lipinski definition) is 1. The zero-order valence-electron chi connectivity index (χ0n) is 17.6. The monoisotopic (exact) mass is 441 g/mol. The summed E-state index contributed by atoms with van der Waals surface area (Å²) >= 11 is 6.16. The number of para-hydroxylation sites is 1. The average Bonchev–Trinajstić information content (AvgIpc) is 3.25. The van der Waals surface area contributed by atoms with Gasteiger partial charge in [-0.15, -0.1) is 0 Å². The van der Waals surface area contributed by atoms with Gasteiger partial charge in [0.2, 0.25) is 0 Å². The molecule has 4 aromatic rings. The number of nitrogens with one attached hydrogen (secondary N) is 1. The lowest BCUT2D eigenvalue weighted by Gasteiger charge is -2.31. The van der Waals surface area contributed by atoms with E-state index in [1.165, 1.54) is 5.56 Å². The van der Waals surface area contributed by atoms with Gasteiger partial charge in [0.1, 0.15) is 0 Å². The van der Waals surface area contributed by atoms with Gasteiger partial charge >= 0.3 is 6.03 Å². The van der Waals surface area contributed by atoms with Gasteiger partial charge in [-0.3, -0.25) is 0 Å². The average molecular weight is 442 g/mol. The van der Waals surface area contributed by atoms with Crippen LogP contribution in [0.1, 0.15) is 28.4 Å². The first-order valence-corrected chi connectivity index (χ1v) is 11.2. The number of amides is 2. The molecule has 32 heavy (non-hydrogen) atoms. The summed E-state index contributed by atoms with van der Waals surface area (Å²) in [5, 5.41) is 3.83. The molecule has 4 nitrogen and oxygen atoms in total. The van der Waals surface area contributed by atoms with Gasteiger partial charge in [-0.2, -0.15) is 0 Å². The van der Waals surface area contributed by atoms with Crippen molar-refractivity contribution in [1.82, 2.24) is 14.8 Å². The highest BCUT2D eigenvalue weighted by Crippen LogP contribution is 2.36. The van der Waals surface area contributed by atoms with Crippen LogP contribution in [-0.4, -0.2) is 22.0 Å². The number of hydrogen-bond donors (Lipinski definition) is 1. The van der Waals surface area contributed by atoms with Crippen LogP contribution in [0.25, 0.3) is 5.69 Å². The van der Waals surface area contributed by atoms with E-state index in [0.717, 1.165) is 28.9 Å². The highest BCUT2D eigenvalue weighted by atomic mass is 35.5. The lowest BCUT2D eigenvalue weighted by Crippen LogP contribution is -2.42. The molecule has 1 aliphatic heterocycles. The zero-order chi connectivity index (χ0) is 21.9. The minimum absolute atomic E-state index is 0.0784. The molecule has 1 unspecified atom stereocenters. The third-order valence-corrected chi connectivity index (χ3v) is 6.20.